The number of nitrogens with one attached hydrogen (secondary N) is 2. The van der Waals surface area contributed by atoms with E-state index in [-0.39, 0.29) is 54.0 Å². The van der Waals surface area contributed by atoms with Gasteiger partial charge in [0.2, 0.25) is 5.91 Å². The molecule has 2 bridgehead atoms. The Bertz CT molecular complexity index is 1270. The molecule has 0 aromatic heterocycles. The number of nitrogens with two attached hydrogens (primary N) is 1. The van der Waals surface area contributed by atoms with Crippen LogP contribution in [0.2, 0.25) is 0 Å². The number of hydrazine groups is 1. The van der Waals surface area contributed by atoms with Gasteiger partial charge in [0.05, 0.1) is 17.6 Å². The van der Waals surface area contributed by atoms with E-state index in [1.54, 1.807) is 6.08 Å². The Morgan fingerprint density at radius 2 is 1.93 bits per heavy atom. The zero-order valence-corrected chi connectivity index (χ0v) is 26.9. The zero-order chi connectivity index (χ0) is 32.2. The second-order valence-electron chi connectivity index (χ2n) is 14.0. The first-order valence-corrected chi connectivity index (χ1v) is 15.8. The summed E-state index contributed by atoms with van der Waals surface area (Å²) >= 11 is 0. The molecule has 4 aliphatic rings. The number of amides is 1. The quantitative estimate of drug-likeness (QED) is 0.0537. The summed E-state index contributed by atoms with van der Waals surface area (Å²) in [6.07, 6.45) is 6.80. The maximum Gasteiger partial charge on any atom is 0.481 e. The predicted octanol–water partition coefficient (Wildman–Crippen LogP) is 4.26. The molecule has 1 amide bonds. The molecule has 1 aliphatic heterocycles. The van der Waals surface area contributed by atoms with E-state index in [9.17, 15) is 19.7 Å². The molecule has 44 heavy (non-hydrogen) atoms. The van der Waals surface area contributed by atoms with E-state index in [1.165, 1.54) is 6.08 Å². The third kappa shape index (κ3) is 7.88. The van der Waals surface area contributed by atoms with Crippen LogP contribution in [0.15, 0.2) is 35.3 Å². The lowest BCUT2D eigenvalue weighted by molar-refractivity contribution is -0.525. The smallest absolute Gasteiger partial charge is 0.404 e. The number of ketones is 1. The molecule has 4 fully saturated rings. The average Bonchev–Trinajstić information content (AvgIpc) is 3.30. The molecular weight excluding hydrogens is 561 g/mol. The van der Waals surface area contributed by atoms with Crippen LogP contribution in [0, 0.1) is 46.1 Å². The van der Waals surface area contributed by atoms with Crippen LogP contribution in [-0.2, 0) is 18.9 Å². The highest BCUT2D eigenvalue weighted by Gasteiger charge is 2.68. The maximum absolute atomic E-state index is 13.8. The number of allylic oxidation sites excluding steroid dienone is 1. The van der Waals surface area contributed by atoms with E-state index >= 15 is 0 Å². The SMILES string of the molecule is Cc1ccc(/C=C/C(=O)C[C@@H](CCCN=C(N)N[N+](=O)[O-])C(=O)N[C@@H](CC(C)C)B2O[C@@H]3C[C@H]4C[C@H](C4(C)C)[C@]3(C)O2)cc1. The van der Waals surface area contributed by atoms with Gasteiger partial charge in [0.1, 0.15) is 0 Å². The molecule has 3 aliphatic carbocycles. The summed E-state index contributed by atoms with van der Waals surface area (Å²) in [7, 11) is -0.568. The molecule has 4 N–H and O–H groups in total. The summed E-state index contributed by atoms with van der Waals surface area (Å²) in [5.74, 6) is -0.430. The van der Waals surface area contributed by atoms with Crippen LogP contribution in [0.5, 0.6) is 0 Å². The first-order valence-electron chi connectivity index (χ1n) is 15.8. The number of carbonyl (C=O) groups is 2. The van der Waals surface area contributed by atoms with Crippen LogP contribution in [0.3, 0.4) is 0 Å². The van der Waals surface area contributed by atoms with Crippen molar-refractivity contribution in [3.05, 3.63) is 51.6 Å². The van der Waals surface area contributed by atoms with E-state index in [0.29, 0.717) is 31.1 Å². The standard InChI is InChI=1S/C32H48BN5O6/c1-20(2)16-28(33-43-27-19-24-18-26(31(24,4)5)32(27,6)44-33)36-29(40)23(8-7-15-35-30(34)37-38(41)42)17-25(39)14-13-22-11-9-21(3)10-12-22/h9-14,20,23-24,26-28H,7-8,15-19H2,1-6H3,(H,36,40)(H3,34,35,37)/b14-13+/t23-,24-,26-,27-,28+,32+/m1/s1. The molecule has 1 heterocycles. The number of aryl methyl sites for hydroxylation is 1. The minimum Gasteiger partial charge on any atom is -0.404 e. The maximum atomic E-state index is 13.8. The molecule has 5 rings (SSSR count). The van der Waals surface area contributed by atoms with E-state index in [2.05, 4.69) is 44.9 Å². The van der Waals surface area contributed by atoms with Crippen molar-refractivity contribution in [3.63, 3.8) is 0 Å². The van der Waals surface area contributed by atoms with Gasteiger partial charge >= 0.3 is 7.12 Å². The highest BCUT2D eigenvalue weighted by molar-refractivity contribution is 6.47. The minimum atomic E-state index is -0.781. The number of hydrogen-bond donors (Lipinski definition) is 3. The van der Waals surface area contributed by atoms with Crippen LogP contribution < -0.4 is 16.5 Å². The molecule has 12 heteroatoms. The van der Waals surface area contributed by atoms with Gasteiger partial charge in [0.25, 0.3) is 5.96 Å². The number of hydrogen-bond acceptors (Lipinski definition) is 7. The molecule has 1 aromatic carbocycles. The Balaban J connectivity index is 1.45. The monoisotopic (exact) mass is 609 g/mol. The van der Waals surface area contributed by atoms with E-state index < -0.39 is 23.7 Å². The molecule has 1 aromatic rings. The van der Waals surface area contributed by atoms with Crippen LogP contribution in [0.1, 0.15) is 84.3 Å². The van der Waals surface area contributed by atoms with Crippen molar-refractivity contribution in [1.29, 1.82) is 0 Å². The van der Waals surface area contributed by atoms with Gasteiger partial charge in [0, 0.05) is 18.9 Å². The summed E-state index contributed by atoms with van der Waals surface area (Å²) in [6.45, 7) is 13.2. The average molecular weight is 610 g/mol. The first kappa shape index (κ1) is 33.6. The van der Waals surface area contributed by atoms with Gasteiger partial charge in [-0.15, -0.1) is 0 Å². The number of nitrogens with zero attached hydrogens (tertiary/aromatic N) is 2. The summed E-state index contributed by atoms with van der Waals surface area (Å²) in [4.78, 5) is 41.4. The first-order chi connectivity index (χ1) is 20.7. The molecule has 0 spiro atoms. The second-order valence-corrected chi connectivity index (χ2v) is 14.0. The van der Waals surface area contributed by atoms with Gasteiger partial charge in [-0.2, -0.15) is 0 Å². The third-order valence-electron chi connectivity index (χ3n) is 9.91. The Kier molecular flexibility index (Phi) is 10.6. The van der Waals surface area contributed by atoms with Crippen LogP contribution in [0.25, 0.3) is 6.08 Å². The topological polar surface area (TPSA) is 158 Å². The van der Waals surface area contributed by atoms with Gasteiger partial charge < -0.3 is 20.4 Å². The van der Waals surface area contributed by atoms with E-state index in [1.807, 2.05) is 36.6 Å². The fraction of sp³-hybridized carbons (Fsp3) is 0.656. The molecule has 0 radical (unpaired) electrons. The lowest BCUT2D eigenvalue weighted by atomic mass is 9.43. The minimum absolute atomic E-state index is 0.00350. The van der Waals surface area contributed by atoms with E-state index in [0.717, 1.165) is 24.0 Å². The van der Waals surface area contributed by atoms with Gasteiger partial charge in [-0.25, -0.2) is 15.1 Å². The molecule has 6 atom stereocenters. The third-order valence-corrected chi connectivity index (χ3v) is 9.91. The second kappa shape index (κ2) is 13.8. The summed E-state index contributed by atoms with van der Waals surface area (Å²) < 4.78 is 13.2. The number of aliphatic imine (C=N–C) groups is 1. The molecule has 1 saturated heterocycles. The van der Waals surface area contributed by atoms with Crippen molar-refractivity contribution >= 4 is 30.8 Å². The number of benzene rings is 1. The summed E-state index contributed by atoms with van der Waals surface area (Å²) in [6, 6.07) is 7.82. The predicted molar refractivity (Wildman–Crippen MR) is 171 cm³/mol. The highest BCUT2D eigenvalue weighted by Crippen LogP contribution is 2.65. The van der Waals surface area contributed by atoms with Crippen molar-refractivity contribution in [2.45, 2.75) is 97.7 Å². The van der Waals surface area contributed by atoms with Crippen LogP contribution >= 0.6 is 0 Å². The molecular formula is C32H48BN5O6. The summed E-state index contributed by atoms with van der Waals surface area (Å²) in [5, 5.41) is 13.0. The number of rotatable bonds is 14. The lowest BCUT2D eigenvalue weighted by Crippen LogP contribution is -2.65. The Morgan fingerprint density at radius 1 is 1.23 bits per heavy atom. The van der Waals surface area contributed by atoms with Gasteiger partial charge in [-0.3, -0.25) is 9.59 Å². The summed E-state index contributed by atoms with van der Waals surface area (Å²) in [5.41, 5.74) is 9.19. The molecule has 240 valence electrons. The number of guanidine groups is 1. The normalized spacial score (nSPS) is 27.0. The van der Waals surface area contributed by atoms with Crippen LogP contribution in [-0.4, -0.2) is 54.0 Å². The van der Waals surface area contributed by atoms with Crippen molar-refractivity contribution in [2.75, 3.05) is 6.54 Å². The fourth-order valence-corrected chi connectivity index (χ4v) is 7.29. The highest BCUT2D eigenvalue weighted by atomic mass is 16.7. The number of carbonyl (C=O) groups excluding carboxylic acids is 2. The largest absolute Gasteiger partial charge is 0.481 e. The van der Waals surface area contributed by atoms with E-state index in [4.69, 9.17) is 15.0 Å². The van der Waals surface area contributed by atoms with Crippen molar-refractivity contribution in [2.24, 2.45) is 39.8 Å². The van der Waals surface area contributed by atoms with Crippen LogP contribution in [0.4, 0.5) is 0 Å². The fourth-order valence-electron chi connectivity index (χ4n) is 7.29. The van der Waals surface area contributed by atoms with Crippen molar-refractivity contribution in [3.8, 4) is 0 Å². The van der Waals surface area contributed by atoms with Gasteiger partial charge in [-0.05, 0) is 80.8 Å². The zero-order valence-electron chi connectivity index (χ0n) is 26.9. The molecule has 11 nitrogen and oxygen atoms in total. The van der Waals surface area contributed by atoms with Gasteiger partial charge in [-0.1, -0.05) is 69.0 Å². The van der Waals surface area contributed by atoms with Gasteiger partial charge in [0.15, 0.2) is 10.8 Å². The lowest BCUT2D eigenvalue weighted by Gasteiger charge is -2.64. The molecule has 0 unspecified atom stereocenters. The van der Waals surface area contributed by atoms with Crippen molar-refractivity contribution in [1.82, 2.24) is 10.7 Å². The van der Waals surface area contributed by atoms with Crippen molar-refractivity contribution < 1.29 is 23.9 Å². The molecule has 3 saturated carbocycles. The Morgan fingerprint density at radius 3 is 2.57 bits per heavy atom. The number of nitro groups is 1. The Labute approximate surface area is 261 Å². The Hall–Kier alpha value is -3.25.